The lowest BCUT2D eigenvalue weighted by Crippen LogP contribution is -2.38. The number of hydrogen-bond donors (Lipinski definition) is 2. The summed E-state index contributed by atoms with van der Waals surface area (Å²) in [5.41, 5.74) is 0. The van der Waals surface area contributed by atoms with Crippen LogP contribution in [0, 0.1) is 5.92 Å². The molecule has 0 fully saturated rings. The van der Waals surface area contributed by atoms with E-state index in [2.05, 4.69) is 36.4 Å². The Hall–Kier alpha value is -1.49. The van der Waals surface area contributed by atoms with Crippen molar-refractivity contribution in [2.45, 2.75) is 33.7 Å². The fourth-order valence-electron chi connectivity index (χ4n) is 1.60. The Labute approximate surface area is 121 Å². The molecule has 1 rings (SSSR count). The van der Waals surface area contributed by atoms with Crippen LogP contribution in [0.15, 0.2) is 27.8 Å². The van der Waals surface area contributed by atoms with E-state index in [9.17, 15) is 0 Å². The summed E-state index contributed by atoms with van der Waals surface area (Å²) >= 11 is 0. The minimum atomic E-state index is 0.548. The first-order chi connectivity index (χ1) is 9.72. The van der Waals surface area contributed by atoms with Gasteiger partial charge in [-0.05, 0) is 31.4 Å². The number of nitrogens with one attached hydrogen (secondary N) is 2. The molecule has 0 saturated heterocycles. The van der Waals surface area contributed by atoms with Gasteiger partial charge >= 0.3 is 0 Å². The number of ether oxygens (including phenoxy) is 1. The Morgan fingerprint density at radius 3 is 2.90 bits per heavy atom. The topological polar surface area (TPSA) is 58.8 Å². The fraction of sp³-hybridized carbons (Fsp3) is 0.667. The van der Waals surface area contributed by atoms with Gasteiger partial charge in [-0.3, -0.25) is 0 Å². The van der Waals surface area contributed by atoms with Crippen LogP contribution in [0.1, 0.15) is 33.0 Å². The Balaban J connectivity index is 2.19. The molecule has 0 bridgehead atoms. The molecule has 20 heavy (non-hydrogen) atoms. The molecule has 0 aliphatic rings. The van der Waals surface area contributed by atoms with E-state index in [-0.39, 0.29) is 0 Å². The lowest BCUT2D eigenvalue weighted by molar-refractivity contribution is 0.108. The predicted molar refractivity (Wildman–Crippen MR) is 81.8 cm³/mol. The van der Waals surface area contributed by atoms with Crippen LogP contribution in [-0.2, 0) is 11.3 Å². The summed E-state index contributed by atoms with van der Waals surface area (Å²) in [6.45, 7) is 10.2. The van der Waals surface area contributed by atoms with Crippen LogP contribution < -0.4 is 10.6 Å². The quantitative estimate of drug-likeness (QED) is 0.414. The fourth-order valence-corrected chi connectivity index (χ4v) is 1.60. The monoisotopic (exact) mass is 281 g/mol. The third-order valence-electron chi connectivity index (χ3n) is 2.53. The van der Waals surface area contributed by atoms with Gasteiger partial charge in [0.15, 0.2) is 5.96 Å². The molecular weight excluding hydrogens is 254 g/mol. The van der Waals surface area contributed by atoms with E-state index in [1.54, 1.807) is 6.26 Å². The third kappa shape index (κ3) is 7.84. The van der Waals surface area contributed by atoms with Crippen LogP contribution in [0.5, 0.6) is 0 Å². The van der Waals surface area contributed by atoms with Crippen molar-refractivity contribution in [3.63, 3.8) is 0 Å². The molecule has 2 N–H and O–H groups in total. The van der Waals surface area contributed by atoms with E-state index in [0.29, 0.717) is 12.5 Å². The van der Waals surface area contributed by atoms with Crippen LogP contribution in [0.2, 0.25) is 0 Å². The van der Waals surface area contributed by atoms with Crippen LogP contribution in [-0.4, -0.2) is 32.3 Å². The highest BCUT2D eigenvalue weighted by molar-refractivity contribution is 5.79. The summed E-state index contributed by atoms with van der Waals surface area (Å²) in [6.07, 6.45) is 2.63. The molecule has 1 heterocycles. The van der Waals surface area contributed by atoms with Gasteiger partial charge in [0.1, 0.15) is 12.3 Å². The van der Waals surface area contributed by atoms with Crippen molar-refractivity contribution in [3.05, 3.63) is 24.2 Å². The van der Waals surface area contributed by atoms with Crippen molar-refractivity contribution in [2.75, 3.05) is 26.3 Å². The molecule has 0 saturated carbocycles. The van der Waals surface area contributed by atoms with Crippen LogP contribution in [0.4, 0.5) is 0 Å². The van der Waals surface area contributed by atoms with Crippen molar-refractivity contribution in [3.8, 4) is 0 Å². The van der Waals surface area contributed by atoms with Gasteiger partial charge < -0.3 is 19.8 Å². The summed E-state index contributed by atoms with van der Waals surface area (Å²) in [4.78, 5) is 4.46. The van der Waals surface area contributed by atoms with Crippen molar-refractivity contribution in [1.29, 1.82) is 0 Å². The summed E-state index contributed by atoms with van der Waals surface area (Å²) in [5, 5.41) is 6.50. The molecule has 114 valence electrons. The number of aliphatic imine (C=N–C) groups is 1. The number of guanidine groups is 1. The molecule has 5 heteroatoms. The smallest absolute Gasteiger partial charge is 0.191 e. The first-order valence-corrected chi connectivity index (χ1v) is 7.34. The SMILES string of the molecule is CCNC(=NCc1ccco1)NCCCOCC(C)C. The second-order valence-electron chi connectivity index (χ2n) is 5.02. The van der Waals surface area contributed by atoms with Crippen LogP contribution >= 0.6 is 0 Å². The maximum absolute atomic E-state index is 5.54. The Kier molecular flexibility index (Phi) is 8.54. The molecule has 1 aromatic heterocycles. The predicted octanol–water partition coefficient (Wildman–Crippen LogP) is 2.40. The standard InChI is InChI=1S/C15H27N3O2/c1-4-16-15(18-11-14-7-5-10-20-14)17-8-6-9-19-12-13(2)3/h5,7,10,13H,4,6,8-9,11-12H2,1-3H3,(H2,16,17,18). The van der Waals surface area contributed by atoms with Gasteiger partial charge in [-0.15, -0.1) is 0 Å². The first kappa shape index (κ1) is 16.6. The summed E-state index contributed by atoms with van der Waals surface area (Å²) in [7, 11) is 0. The maximum Gasteiger partial charge on any atom is 0.191 e. The highest BCUT2D eigenvalue weighted by atomic mass is 16.5. The number of hydrogen-bond acceptors (Lipinski definition) is 3. The Morgan fingerprint density at radius 2 is 2.25 bits per heavy atom. The molecule has 1 aromatic rings. The summed E-state index contributed by atoms with van der Waals surface area (Å²) < 4.78 is 10.8. The molecule has 0 atom stereocenters. The Bertz CT molecular complexity index is 361. The summed E-state index contributed by atoms with van der Waals surface area (Å²) in [6, 6.07) is 3.80. The molecule has 0 unspecified atom stereocenters. The normalized spacial score (nSPS) is 11.9. The minimum absolute atomic E-state index is 0.548. The van der Waals surface area contributed by atoms with E-state index >= 15 is 0 Å². The molecule has 0 aliphatic carbocycles. The third-order valence-corrected chi connectivity index (χ3v) is 2.53. The van der Waals surface area contributed by atoms with E-state index in [4.69, 9.17) is 9.15 Å². The van der Waals surface area contributed by atoms with Gasteiger partial charge in [0.25, 0.3) is 0 Å². The van der Waals surface area contributed by atoms with Crippen molar-refractivity contribution in [2.24, 2.45) is 10.9 Å². The molecule has 0 radical (unpaired) electrons. The summed E-state index contributed by atoms with van der Waals surface area (Å²) in [5.74, 6) is 2.27. The van der Waals surface area contributed by atoms with Gasteiger partial charge in [-0.2, -0.15) is 0 Å². The van der Waals surface area contributed by atoms with Crippen molar-refractivity contribution >= 4 is 5.96 Å². The zero-order valence-corrected chi connectivity index (χ0v) is 12.8. The van der Waals surface area contributed by atoms with E-state index < -0.39 is 0 Å². The van der Waals surface area contributed by atoms with Crippen LogP contribution in [0.3, 0.4) is 0 Å². The van der Waals surface area contributed by atoms with Gasteiger partial charge in [-0.25, -0.2) is 4.99 Å². The van der Waals surface area contributed by atoms with E-state index in [0.717, 1.165) is 44.4 Å². The number of rotatable bonds is 9. The molecule has 0 aromatic carbocycles. The second kappa shape index (κ2) is 10.3. The number of furan rings is 1. The van der Waals surface area contributed by atoms with Crippen LogP contribution in [0.25, 0.3) is 0 Å². The van der Waals surface area contributed by atoms with Crippen molar-refractivity contribution < 1.29 is 9.15 Å². The largest absolute Gasteiger partial charge is 0.467 e. The maximum atomic E-state index is 5.54. The second-order valence-corrected chi connectivity index (χ2v) is 5.02. The minimum Gasteiger partial charge on any atom is -0.467 e. The van der Waals surface area contributed by atoms with E-state index in [1.165, 1.54) is 0 Å². The highest BCUT2D eigenvalue weighted by Crippen LogP contribution is 2.01. The van der Waals surface area contributed by atoms with Gasteiger partial charge in [0.05, 0.1) is 6.26 Å². The molecular formula is C15H27N3O2. The Morgan fingerprint density at radius 1 is 1.40 bits per heavy atom. The average Bonchev–Trinajstić information content (AvgIpc) is 2.92. The van der Waals surface area contributed by atoms with Gasteiger partial charge in [0, 0.05) is 26.3 Å². The molecule has 5 nitrogen and oxygen atoms in total. The zero-order chi connectivity index (χ0) is 14.6. The number of nitrogens with zero attached hydrogens (tertiary/aromatic N) is 1. The average molecular weight is 281 g/mol. The first-order valence-electron chi connectivity index (χ1n) is 7.34. The lowest BCUT2D eigenvalue weighted by atomic mass is 10.2. The van der Waals surface area contributed by atoms with Gasteiger partial charge in [-0.1, -0.05) is 13.8 Å². The highest BCUT2D eigenvalue weighted by Gasteiger charge is 1.99. The molecule has 0 spiro atoms. The van der Waals surface area contributed by atoms with Gasteiger partial charge in [0.2, 0.25) is 0 Å². The molecule has 0 aliphatic heterocycles. The lowest BCUT2D eigenvalue weighted by Gasteiger charge is -2.11. The molecule has 0 amide bonds. The van der Waals surface area contributed by atoms with E-state index in [1.807, 2.05) is 12.1 Å². The zero-order valence-electron chi connectivity index (χ0n) is 12.8. The van der Waals surface area contributed by atoms with Crippen molar-refractivity contribution in [1.82, 2.24) is 10.6 Å².